The Hall–Kier alpha value is -1.12. The summed E-state index contributed by atoms with van der Waals surface area (Å²) >= 11 is 3.58. The molecule has 0 radical (unpaired) electrons. The molecular weight excluding hydrogens is 322 g/mol. The summed E-state index contributed by atoms with van der Waals surface area (Å²) in [5.74, 6) is 0. The first-order chi connectivity index (χ1) is 10.1. The Labute approximate surface area is 137 Å². The van der Waals surface area contributed by atoms with E-state index in [0.717, 1.165) is 25.0 Å². The van der Waals surface area contributed by atoms with Gasteiger partial charge in [0, 0.05) is 25.0 Å². The van der Waals surface area contributed by atoms with Crippen LogP contribution in [0.1, 0.15) is 27.8 Å². The first kappa shape index (κ1) is 16.3. The summed E-state index contributed by atoms with van der Waals surface area (Å²) in [6.45, 7) is 9.69. The van der Waals surface area contributed by atoms with Gasteiger partial charge in [-0.1, -0.05) is 64.0 Å². The van der Waals surface area contributed by atoms with Gasteiger partial charge in [-0.2, -0.15) is 0 Å². The number of aryl methyl sites for hydroxylation is 3. The topological polar surface area (TPSA) is 3.24 Å². The van der Waals surface area contributed by atoms with Gasteiger partial charge in [-0.15, -0.1) is 0 Å². The number of rotatable bonds is 6. The van der Waals surface area contributed by atoms with Crippen molar-refractivity contribution < 1.29 is 0 Å². The van der Waals surface area contributed by atoms with Crippen molar-refractivity contribution in [1.82, 2.24) is 4.90 Å². The zero-order chi connectivity index (χ0) is 15.2. The monoisotopic (exact) mass is 345 g/mol. The molecule has 0 saturated heterocycles. The lowest BCUT2D eigenvalue weighted by Gasteiger charge is -2.24. The third-order valence-electron chi connectivity index (χ3n) is 3.87. The molecule has 0 aliphatic heterocycles. The van der Waals surface area contributed by atoms with E-state index in [1.54, 1.807) is 0 Å². The SMILES string of the molecule is Cc1cc(C)c(CN(CCBr)Cc2ccccc2)c(C)c1. The Morgan fingerprint density at radius 2 is 1.52 bits per heavy atom. The van der Waals surface area contributed by atoms with Crippen LogP contribution in [0.15, 0.2) is 42.5 Å². The van der Waals surface area contributed by atoms with Crippen molar-refractivity contribution in [2.75, 3.05) is 11.9 Å². The van der Waals surface area contributed by atoms with Gasteiger partial charge in [0.25, 0.3) is 0 Å². The van der Waals surface area contributed by atoms with Crippen LogP contribution < -0.4 is 0 Å². The Bertz CT molecular complexity index is 554. The maximum Gasteiger partial charge on any atom is 0.0242 e. The van der Waals surface area contributed by atoms with Crippen LogP contribution in [0.3, 0.4) is 0 Å². The molecular formula is C19H24BrN. The van der Waals surface area contributed by atoms with Crippen LogP contribution in [0.4, 0.5) is 0 Å². The highest BCUT2D eigenvalue weighted by Gasteiger charge is 2.10. The van der Waals surface area contributed by atoms with Crippen LogP contribution in [0.25, 0.3) is 0 Å². The molecule has 21 heavy (non-hydrogen) atoms. The Balaban J connectivity index is 2.17. The van der Waals surface area contributed by atoms with Gasteiger partial charge in [0.1, 0.15) is 0 Å². The number of halogens is 1. The number of hydrogen-bond acceptors (Lipinski definition) is 1. The predicted octanol–water partition coefficient (Wildman–Crippen LogP) is 5.01. The van der Waals surface area contributed by atoms with E-state index in [9.17, 15) is 0 Å². The van der Waals surface area contributed by atoms with Crippen molar-refractivity contribution in [3.05, 3.63) is 70.3 Å². The highest BCUT2D eigenvalue weighted by atomic mass is 79.9. The number of alkyl halides is 1. The molecule has 1 nitrogen and oxygen atoms in total. The molecule has 0 atom stereocenters. The summed E-state index contributed by atoms with van der Waals surface area (Å²) < 4.78 is 0. The first-order valence-corrected chi connectivity index (χ1v) is 8.61. The Morgan fingerprint density at radius 1 is 0.905 bits per heavy atom. The van der Waals surface area contributed by atoms with Gasteiger partial charge in [0.2, 0.25) is 0 Å². The minimum absolute atomic E-state index is 0.999. The highest BCUT2D eigenvalue weighted by molar-refractivity contribution is 9.09. The second kappa shape index (κ2) is 7.77. The van der Waals surface area contributed by atoms with Gasteiger partial charge >= 0.3 is 0 Å². The smallest absolute Gasteiger partial charge is 0.0242 e. The molecule has 0 aromatic heterocycles. The lowest BCUT2D eigenvalue weighted by atomic mass is 9.99. The Kier molecular flexibility index (Phi) is 6.01. The molecule has 2 aromatic carbocycles. The summed E-state index contributed by atoms with van der Waals surface area (Å²) in [5.41, 5.74) is 7.00. The van der Waals surface area contributed by atoms with E-state index in [2.05, 4.69) is 84.1 Å². The summed E-state index contributed by atoms with van der Waals surface area (Å²) in [7, 11) is 0. The van der Waals surface area contributed by atoms with Crippen molar-refractivity contribution in [1.29, 1.82) is 0 Å². The average molecular weight is 346 g/mol. The molecule has 0 fully saturated rings. The van der Waals surface area contributed by atoms with Crippen molar-refractivity contribution in [2.24, 2.45) is 0 Å². The fourth-order valence-electron chi connectivity index (χ4n) is 2.86. The molecule has 0 spiro atoms. The van der Waals surface area contributed by atoms with Crippen LogP contribution in [0.2, 0.25) is 0 Å². The third-order valence-corrected chi connectivity index (χ3v) is 4.23. The van der Waals surface area contributed by atoms with Gasteiger partial charge in [-0.3, -0.25) is 4.90 Å². The van der Waals surface area contributed by atoms with E-state index in [0.29, 0.717) is 0 Å². The maximum absolute atomic E-state index is 3.58. The molecule has 0 aliphatic rings. The second-order valence-corrected chi connectivity index (χ2v) is 6.56. The fraction of sp³-hybridized carbons (Fsp3) is 0.368. The van der Waals surface area contributed by atoms with Crippen LogP contribution in [0, 0.1) is 20.8 Å². The standard InChI is InChI=1S/C19H24BrN/c1-15-11-16(2)19(17(3)12-15)14-21(10-9-20)13-18-7-5-4-6-8-18/h4-8,11-12H,9-10,13-14H2,1-3H3. The molecule has 2 aromatic rings. The molecule has 0 unspecified atom stereocenters. The minimum Gasteiger partial charge on any atom is -0.294 e. The third kappa shape index (κ3) is 4.69. The maximum atomic E-state index is 3.58. The van der Waals surface area contributed by atoms with Gasteiger partial charge < -0.3 is 0 Å². The zero-order valence-corrected chi connectivity index (χ0v) is 14.8. The van der Waals surface area contributed by atoms with Crippen LogP contribution in [-0.4, -0.2) is 16.8 Å². The summed E-state index contributed by atoms with van der Waals surface area (Å²) in [4.78, 5) is 2.51. The van der Waals surface area contributed by atoms with E-state index in [-0.39, 0.29) is 0 Å². The Morgan fingerprint density at radius 3 is 2.10 bits per heavy atom. The largest absolute Gasteiger partial charge is 0.294 e. The van der Waals surface area contributed by atoms with E-state index < -0.39 is 0 Å². The first-order valence-electron chi connectivity index (χ1n) is 7.49. The van der Waals surface area contributed by atoms with Crippen molar-refractivity contribution in [2.45, 2.75) is 33.9 Å². The fourth-order valence-corrected chi connectivity index (χ4v) is 3.36. The van der Waals surface area contributed by atoms with Crippen LogP contribution >= 0.6 is 15.9 Å². The summed E-state index contributed by atoms with van der Waals surface area (Å²) in [5, 5.41) is 1.00. The molecule has 0 heterocycles. The molecule has 2 rings (SSSR count). The van der Waals surface area contributed by atoms with Crippen molar-refractivity contribution >= 4 is 15.9 Å². The van der Waals surface area contributed by atoms with Gasteiger partial charge in [-0.05, 0) is 43.0 Å². The molecule has 112 valence electrons. The lowest BCUT2D eigenvalue weighted by Crippen LogP contribution is -2.25. The highest BCUT2D eigenvalue weighted by Crippen LogP contribution is 2.19. The van der Waals surface area contributed by atoms with E-state index in [1.165, 1.54) is 27.8 Å². The molecule has 2 heteroatoms. The van der Waals surface area contributed by atoms with Crippen LogP contribution in [-0.2, 0) is 13.1 Å². The summed E-state index contributed by atoms with van der Waals surface area (Å²) in [6, 6.07) is 15.3. The molecule has 0 amide bonds. The zero-order valence-electron chi connectivity index (χ0n) is 13.2. The van der Waals surface area contributed by atoms with E-state index in [1.807, 2.05) is 0 Å². The van der Waals surface area contributed by atoms with Gasteiger partial charge in [-0.25, -0.2) is 0 Å². The molecule has 0 N–H and O–H groups in total. The number of nitrogens with zero attached hydrogens (tertiary/aromatic N) is 1. The molecule has 0 saturated carbocycles. The molecule has 0 bridgehead atoms. The number of benzene rings is 2. The second-order valence-electron chi connectivity index (χ2n) is 5.76. The average Bonchev–Trinajstić information content (AvgIpc) is 2.44. The number of hydrogen-bond donors (Lipinski definition) is 0. The lowest BCUT2D eigenvalue weighted by molar-refractivity contribution is 0.273. The van der Waals surface area contributed by atoms with Crippen molar-refractivity contribution in [3.63, 3.8) is 0 Å². The predicted molar refractivity (Wildman–Crippen MR) is 95.0 cm³/mol. The quantitative estimate of drug-likeness (QED) is 0.665. The van der Waals surface area contributed by atoms with E-state index in [4.69, 9.17) is 0 Å². The van der Waals surface area contributed by atoms with E-state index >= 15 is 0 Å². The minimum atomic E-state index is 0.999. The normalized spacial score (nSPS) is 11.1. The van der Waals surface area contributed by atoms with Crippen LogP contribution in [0.5, 0.6) is 0 Å². The van der Waals surface area contributed by atoms with Crippen molar-refractivity contribution in [3.8, 4) is 0 Å². The van der Waals surface area contributed by atoms with Gasteiger partial charge in [0.15, 0.2) is 0 Å². The summed E-state index contributed by atoms with van der Waals surface area (Å²) in [6.07, 6.45) is 0. The van der Waals surface area contributed by atoms with Gasteiger partial charge in [0.05, 0.1) is 0 Å². The molecule has 0 aliphatic carbocycles.